The maximum absolute atomic E-state index is 15.8. The third-order valence-corrected chi connectivity index (χ3v) is 17.4. The number of fused-ring (bicyclic) bond motifs is 7. The van der Waals surface area contributed by atoms with Crippen LogP contribution in [0.15, 0.2) is 79.3 Å². The summed E-state index contributed by atoms with van der Waals surface area (Å²) in [5, 5.41) is 24.6. The molecule has 0 aromatic heterocycles. The van der Waals surface area contributed by atoms with Crippen molar-refractivity contribution in [2.45, 2.75) is 114 Å². The Bertz CT molecular complexity index is 1580. The molecule has 1 saturated heterocycles. The van der Waals surface area contributed by atoms with Gasteiger partial charge in [0.25, 0.3) is 0 Å². The maximum Gasteiger partial charge on any atom is 0.174 e. The second-order valence-corrected chi connectivity index (χ2v) is 19.9. The van der Waals surface area contributed by atoms with E-state index >= 15 is 4.79 Å². The monoisotopic (exact) mass is 698 g/mol. The number of Topliss-reactive ketones (excluding diaryl/α,β-unsaturated/α-hetero) is 1. The van der Waals surface area contributed by atoms with Crippen molar-refractivity contribution in [1.29, 1.82) is 0 Å². The zero-order valence-corrected chi connectivity index (χ0v) is 30.3. The molecular formula is C36H42O6S4. The SMILES string of the molecule is CC1=C2[C@@H](OC3Sc4ccccc4S3)C(=O)[C@]3(C)[C@@H](OC4Sc5ccccc5S4)C[C@H]4OC[C@@]4(C)[C@H]3[C@H](C)[C@](O)(C[C@@H]1O)C2(C)C. The summed E-state index contributed by atoms with van der Waals surface area (Å²) in [5.74, 6) is -0.618. The number of carbonyl (C=O) groups is 1. The van der Waals surface area contributed by atoms with Gasteiger partial charge in [0, 0.05) is 43.3 Å². The molecule has 0 radical (unpaired) electrons. The second kappa shape index (κ2) is 11.0. The van der Waals surface area contributed by atoms with Crippen LogP contribution in [0.1, 0.15) is 54.4 Å². The molecule has 3 aliphatic carbocycles. The first-order valence-corrected chi connectivity index (χ1v) is 19.7. The summed E-state index contributed by atoms with van der Waals surface area (Å²) in [7, 11) is 0. The van der Waals surface area contributed by atoms with Crippen LogP contribution in [0.4, 0.5) is 0 Å². The van der Waals surface area contributed by atoms with Crippen LogP contribution < -0.4 is 0 Å². The molecule has 0 spiro atoms. The maximum atomic E-state index is 15.8. The van der Waals surface area contributed by atoms with Crippen molar-refractivity contribution in [1.82, 2.24) is 0 Å². The summed E-state index contributed by atoms with van der Waals surface area (Å²) < 4.78 is 19.8. The molecule has 46 heavy (non-hydrogen) atoms. The topological polar surface area (TPSA) is 85.2 Å². The highest BCUT2D eigenvalue weighted by Gasteiger charge is 2.73. The standard InChI is InChI=1S/C36H42O6S4/c1-18-20(37)16-36(39)19(2)29-34(5)17-40-25(34)15-26(41-31-43-21-11-7-8-12-22(21)44-31)35(29,6)30(38)28(27(18)33(36,3)4)42-32-45-23-13-9-10-14-24(23)46-32/h7-14,19-20,25-26,28-29,31-32,37,39H,15-17H2,1-6H3/t19-,20-,25+,26-,28+,29+,34+,35+,36+/m0/s1. The lowest BCUT2D eigenvalue weighted by atomic mass is 9.40. The third kappa shape index (κ3) is 4.43. The fourth-order valence-corrected chi connectivity index (χ4v) is 15.0. The van der Waals surface area contributed by atoms with Crippen LogP contribution in [-0.2, 0) is 19.0 Å². The van der Waals surface area contributed by atoms with Crippen LogP contribution in [0.3, 0.4) is 0 Å². The van der Waals surface area contributed by atoms with Crippen LogP contribution in [0.5, 0.6) is 0 Å². The summed E-state index contributed by atoms with van der Waals surface area (Å²) in [4.78, 5) is 20.4. The summed E-state index contributed by atoms with van der Waals surface area (Å²) in [6.45, 7) is 12.9. The summed E-state index contributed by atoms with van der Waals surface area (Å²) in [6, 6.07) is 16.6. The Labute approximate surface area is 288 Å². The smallest absolute Gasteiger partial charge is 0.174 e. The quantitative estimate of drug-likeness (QED) is 0.312. The van der Waals surface area contributed by atoms with E-state index in [4.69, 9.17) is 14.2 Å². The van der Waals surface area contributed by atoms with Gasteiger partial charge in [0.2, 0.25) is 0 Å². The van der Waals surface area contributed by atoms with Crippen molar-refractivity contribution in [3.05, 3.63) is 59.7 Å². The first-order valence-electron chi connectivity index (χ1n) is 16.2. The number of aliphatic hydroxyl groups excluding tert-OH is 1. The Kier molecular flexibility index (Phi) is 7.73. The molecule has 3 heterocycles. The van der Waals surface area contributed by atoms with Gasteiger partial charge in [-0.15, -0.1) is 0 Å². The lowest BCUT2D eigenvalue weighted by Gasteiger charge is -2.69. The predicted molar refractivity (Wildman–Crippen MR) is 184 cm³/mol. The van der Waals surface area contributed by atoms with Crippen LogP contribution in [0, 0.1) is 28.1 Å². The number of aliphatic hydroxyl groups is 2. The first kappa shape index (κ1) is 32.3. The van der Waals surface area contributed by atoms with Crippen molar-refractivity contribution >= 4 is 52.8 Å². The van der Waals surface area contributed by atoms with Gasteiger partial charge in [-0.1, -0.05) is 99.0 Å². The van der Waals surface area contributed by atoms with E-state index in [1.54, 1.807) is 47.0 Å². The molecule has 2 saturated carbocycles. The number of hydrogen-bond acceptors (Lipinski definition) is 10. The number of ketones is 1. The molecule has 0 unspecified atom stereocenters. The number of rotatable bonds is 4. The lowest BCUT2D eigenvalue weighted by molar-refractivity contribution is -0.306. The van der Waals surface area contributed by atoms with E-state index in [1.807, 2.05) is 45.0 Å². The number of carbonyl (C=O) groups excluding carboxylic acids is 1. The van der Waals surface area contributed by atoms with E-state index in [0.29, 0.717) is 13.0 Å². The molecule has 2 aromatic rings. The highest BCUT2D eigenvalue weighted by atomic mass is 32.2. The van der Waals surface area contributed by atoms with Gasteiger partial charge in [0.05, 0.1) is 35.9 Å². The number of ether oxygens (including phenoxy) is 3. The molecule has 2 aromatic carbocycles. The Morgan fingerprint density at radius 1 is 0.870 bits per heavy atom. The van der Waals surface area contributed by atoms with E-state index in [2.05, 4.69) is 45.0 Å². The zero-order chi connectivity index (χ0) is 32.4. The van der Waals surface area contributed by atoms with Gasteiger partial charge in [0.1, 0.15) is 6.10 Å². The van der Waals surface area contributed by atoms with E-state index in [-0.39, 0.29) is 45.1 Å². The molecule has 6 aliphatic rings. The van der Waals surface area contributed by atoms with Crippen molar-refractivity contribution in [2.24, 2.45) is 28.1 Å². The van der Waals surface area contributed by atoms with Crippen LogP contribution in [0.25, 0.3) is 0 Å². The Balaban J connectivity index is 1.26. The van der Waals surface area contributed by atoms with Gasteiger partial charge in [-0.25, -0.2) is 0 Å². The average Bonchev–Trinajstić information content (AvgIpc) is 3.62. The molecule has 2 N–H and O–H groups in total. The van der Waals surface area contributed by atoms with E-state index in [1.165, 1.54) is 9.79 Å². The number of thioether (sulfide) groups is 4. The molecule has 9 atom stereocenters. The molecule has 0 amide bonds. The van der Waals surface area contributed by atoms with Gasteiger partial charge >= 0.3 is 0 Å². The molecular weight excluding hydrogens is 657 g/mol. The van der Waals surface area contributed by atoms with Gasteiger partial charge in [-0.2, -0.15) is 0 Å². The first-order chi connectivity index (χ1) is 21.8. The van der Waals surface area contributed by atoms with Crippen molar-refractivity contribution in [2.75, 3.05) is 6.61 Å². The Hall–Kier alpha value is -0.950. The van der Waals surface area contributed by atoms with Gasteiger partial charge in [-0.05, 0) is 61.1 Å². The van der Waals surface area contributed by atoms with Crippen LogP contribution in [0.2, 0.25) is 0 Å². The zero-order valence-electron chi connectivity index (χ0n) is 27.0. The highest BCUT2D eigenvalue weighted by Crippen LogP contribution is 2.68. The number of hydrogen-bond donors (Lipinski definition) is 2. The normalized spacial score (nSPS) is 41.6. The highest BCUT2D eigenvalue weighted by molar-refractivity contribution is 8.19. The minimum atomic E-state index is -1.30. The molecule has 8 rings (SSSR count). The molecule has 246 valence electrons. The third-order valence-electron chi connectivity index (χ3n) is 12.4. The predicted octanol–water partition coefficient (Wildman–Crippen LogP) is 7.61. The molecule has 3 fully saturated rings. The largest absolute Gasteiger partial charge is 0.389 e. The minimum Gasteiger partial charge on any atom is -0.389 e. The molecule has 2 bridgehead atoms. The minimum absolute atomic E-state index is 0.0119. The Morgan fingerprint density at radius 2 is 1.39 bits per heavy atom. The van der Waals surface area contributed by atoms with E-state index in [0.717, 1.165) is 20.9 Å². The molecule has 3 aliphatic heterocycles. The van der Waals surface area contributed by atoms with Crippen LogP contribution in [-0.4, -0.2) is 62.2 Å². The summed E-state index contributed by atoms with van der Waals surface area (Å²) in [6.07, 6.45) is -1.56. The number of benzene rings is 2. The molecule has 6 nitrogen and oxygen atoms in total. The average molecular weight is 699 g/mol. The van der Waals surface area contributed by atoms with Crippen LogP contribution >= 0.6 is 47.0 Å². The van der Waals surface area contributed by atoms with Crippen molar-refractivity contribution in [3.63, 3.8) is 0 Å². The van der Waals surface area contributed by atoms with E-state index < -0.39 is 34.7 Å². The summed E-state index contributed by atoms with van der Waals surface area (Å²) >= 11 is 6.63. The fraction of sp³-hybridized carbons (Fsp3) is 0.583. The summed E-state index contributed by atoms with van der Waals surface area (Å²) in [5.41, 5.74) is -2.02. The van der Waals surface area contributed by atoms with Gasteiger partial charge in [0.15, 0.2) is 15.3 Å². The van der Waals surface area contributed by atoms with Crippen molar-refractivity contribution in [3.8, 4) is 0 Å². The van der Waals surface area contributed by atoms with Crippen molar-refractivity contribution < 1.29 is 29.2 Å². The lowest BCUT2D eigenvalue weighted by Crippen LogP contribution is -2.75. The Morgan fingerprint density at radius 3 is 1.89 bits per heavy atom. The van der Waals surface area contributed by atoms with Gasteiger partial charge < -0.3 is 24.4 Å². The van der Waals surface area contributed by atoms with Gasteiger partial charge in [-0.3, -0.25) is 4.79 Å². The molecule has 10 heteroatoms. The fourth-order valence-electron chi connectivity index (χ4n) is 9.84. The van der Waals surface area contributed by atoms with E-state index in [9.17, 15) is 10.2 Å². The second-order valence-electron chi connectivity index (χ2n) is 14.9.